The maximum atomic E-state index is 12.3. The zero-order chi connectivity index (χ0) is 16.0. The summed E-state index contributed by atoms with van der Waals surface area (Å²) >= 11 is 1.31. The van der Waals surface area contributed by atoms with E-state index in [1.54, 1.807) is 0 Å². The molecule has 0 spiro atoms. The van der Waals surface area contributed by atoms with Crippen molar-refractivity contribution in [2.24, 2.45) is 10.5 Å². The van der Waals surface area contributed by atoms with Crippen molar-refractivity contribution < 1.29 is 14.7 Å². The van der Waals surface area contributed by atoms with E-state index in [9.17, 15) is 14.7 Å². The summed E-state index contributed by atoms with van der Waals surface area (Å²) in [5.41, 5.74) is 0.0172. The fourth-order valence-electron chi connectivity index (χ4n) is 2.54. The second kappa shape index (κ2) is 5.05. The van der Waals surface area contributed by atoms with Crippen LogP contribution in [0.3, 0.4) is 0 Å². The minimum Gasteiger partial charge on any atom is -0.511 e. The average molecular weight is 311 g/mol. The molecule has 7 heteroatoms. The summed E-state index contributed by atoms with van der Waals surface area (Å²) in [5.74, 6) is -0.0541. The van der Waals surface area contributed by atoms with Gasteiger partial charge in [0.05, 0.1) is 5.57 Å². The highest BCUT2D eigenvalue weighted by Crippen LogP contribution is 2.43. The molecule has 0 saturated carbocycles. The van der Waals surface area contributed by atoms with E-state index < -0.39 is 4.87 Å². The molecule has 2 aliphatic rings. The number of allylic oxidation sites excluding steroid dienone is 1. The zero-order valence-corrected chi connectivity index (χ0v) is 13.8. The van der Waals surface area contributed by atoms with Crippen molar-refractivity contribution in [1.29, 1.82) is 0 Å². The molecule has 2 rings (SSSR count). The fourth-order valence-corrected chi connectivity index (χ4v) is 3.68. The number of carbonyl (C=O) groups excluding carboxylic acids is 2. The molecular formula is C14H21N3O3S. The summed E-state index contributed by atoms with van der Waals surface area (Å²) in [6, 6.07) is -0.342. The van der Waals surface area contributed by atoms with Gasteiger partial charge in [-0.05, 0) is 19.3 Å². The van der Waals surface area contributed by atoms with Gasteiger partial charge in [-0.2, -0.15) is 10.1 Å². The Kier molecular flexibility index (Phi) is 3.82. The highest BCUT2D eigenvalue weighted by molar-refractivity contribution is 8.15. The van der Waals surface area contributed by atoms with Gasteiger partial charge in [0.1, 0.15) is 15.7 Å². The lowest BCUT2D eigenvalue weighted by Gasteiger charge is -2.29. The number of hydrazone groups is 1. The Bertz CT molecular complexity index is 564. The number of Topliss-reactive ketones (excluding diaryl/α,β-unsaturated/α-hetero) is 1. The first-order chi connectivity index (χ1) is 9.57. The summed E-state index contributed by atoms with van der Waals surface area (Å²) in [5, 5.41) is 18.7. The van der Waals surface area contributed by atoms with E-state index in [-0.39, 0.29) is 28.6 Å². The minimum atomic E-state index is -0.601. The number of nitrogens with zero attached hydrogens (tertiary/aromatic N) is 2. The molecule has 0 aromatic heterocycles. The Morgan fingerprint density at radius 1 is 1.33 bits per heavy atom. The number of carbonyl (C=O) groups is 2. The van der Waals surface area contributed by atoms with Gasteiger partial charge in [-0.25, -0.2) is 4.79 Å². The number of hydrogen-bond acceptors (Lipinski definition) is 5. The number of aliphatic hydroxyl groups excluding tert-OH is 1. The van der Waals surface area contributed by atoms with Crippen LogP contribution in [0.15, 0.2) is 16.4 Å². The van der Waals surface area contributed by atoms with Crippen molar-refractivity contribution in [2.45, 2.75) is 45.4 Å². The second-order valence-corrected chi connectivity index (χ2v) is 8.17. The first-order valence-electron chi connectivity index (χ1n) is 6.83. The molecule has 6 nitrogen and oxygen atoms in total. The molecule has 0 saturated heterocycles. The van der Waals surface area contributed by atoms with Crippen LogP contribution in [-0.2, 0) is 4.79 Å². The number of amides is 2. The predicted octanol–water partition coefficient (Wildman–Crippen LogP) is 2.63. The molecule has 2 amide bonds. The van der Waals surface area contributed by atoms with E-state index in [2.05, 4.69) is 10.4 Å². The molecular weight excluding hydrogens is 290 g/mol. The van der Waals surface area contributed by atoms with Crippen LogP contribution in [0.4, 0.5) is 4.79 Å². The van der Waals surface area contributed by atoms with Crippen LogP contribution in [-0.4, -0.2) is 38.9 Å². The van der Waals surface area contributed by atoms with Gasteiger partial charge in [0.2, 0.25) is 0 Å². The van der Waals surface area contributed by atoms with Crippen LogP contribution in [0.1, 0.15) is 40.5 Å². The third-order valence-corrected chi connectivity index (χ3v) is 4.67. The molecule has 2 N–H and O–H groups in total. The van der Waals surface area contributed by atoms with Crippen LogP contribution in [0.2, 0.25) is 0 Å². The molecule has 0 aromatic rings. The van der Waals surface area contributed by atoms with Crippen LogP contribution in [0.25, 0.3) is 0 Å². The fraction of sp³-hybridized carbons (Fsp3) is 0.643. The van der Waals surface area contributed by atoms with Gasteiger partial charge >= 0.3 is 6.03 Å². The Labute approximate surface area is 128 Å². The lowest BCUT2D eigenvalue weighted by molar-refractivity contribution is -0.117. The van der Waals surface area contributed by atoms with Gasteiger partial charge < -0.3 is 10.4 Å². The molecule has 0 unspecified atom stereocenters. The van der Waals surface area contributed by atoms with E-state index in [0.717, 1.165) is 0 Å². The van der Waals surface area contributed by atoms with Gasteiger partial charge in [0, 0.05) is 19.9 Å². The molecule has 1 aliphatic heterocycles. The highest BCUT2D eigenvalue weighted by atomic mass is 32.2. The third kappa shape index (κ3) is 2.92. The summed E-state index contributed by atoms with van der Waals surface area (Å²) in [7, 11) is 1.53. The van der Waals surface area contributed by atoms with Crippen molar-refractivity contribution >= 4 is 28.6 Å². The summed E-state index contributed by atoms with van der Waals surface area (Å²) in [6.45, 7) is 7.58. The molecule has 1 heterocycles. The highest BCUT2D eigenvalue weighted by Gasteiger charge is 2.44. The SMILES string of the molecule is CNC(=O)N1N=C(C2=C(O)CC(C)(C)CC2=O)SC1(C)C. The Balaban J connectivity index is 2.39. The van der Waals surface area contributed by atoms with Gasteiger partial charge in [-0.15, -0.1) is 0 Å². The van der Waals surface area contributed by atoms with Crippen molar-refractivity contribution in [2.75, 3.05) is 7.05 Å². The van der Waals surface area contributed by atoms with Crippen LogP contribution in [0.5, 0.6) is 0 Å². The largest absolute Gasteiger partial charge is 0.511 e. The molecule has 21 heavy (non-hydrogen) atoms. The Morgan fingerprint density at radius 3 is 2.48 bits per heavy atom. The molecule has 0 radical (unpaired) electrons. The number of urea groups is 1. The monoisotopic (exact) mass is 311 g/mol. The van der Waals surface area contributed by atoms with Gasteiger partial charge in [-0.3, -0.25) is 4.79 Å². The first-order valence-corrected chi connectivity index (χ1v) is 7.64. The number of nitrogens with one attached hydrogen (secondary N) is 1. The topological polar surface area (TPSA) is 82.0 Å². The number of hydrogen-bond donors (Lipinski definition) is 2. The normalized spacial score (nSPS) is 24.1. The minimum absolute atomic E-state index is 0.0667. The molecule has 0 fully saturated rings. The maximum Gasteiger partial charge on any atom is 0.338 e. The summed E-state index contributed by atoms with van der Waals surface area (Å²) in [6.07, 6.45) is 0.806. The van der Waals surface area contributed by atoms with Gasteiger partial charge in [0.15, 0.2) is 5.78 Å². The van der Waals surface area contributed by atoms with Crippen molar-refractivity contribution in [3.05, 3.63) is 11.3 Å². The number of thioether (sulfide) groups is 1. The first kappa shape index (κ1) is 15.9. The zero-order valence-electron chi connectivity index (χ0n) is 13.0. The van der Waals surface area contributed by atoms with Gasteiger partial charge in [0.25, 0.3) is 0 Å². The lowest BCUT2D eigenvalue weighted by atomic mass is 9.77. The Morgan fingerprint density at radius 2 is 1.95 bits per heavy atom. The number of aliphatic hydroxyl groups is 1. The average Bonchev–Trinajstić information content (AvgIpc) is 2.61. The van der Waals surface area contributed by atoms with E-state index in [1.165, 1.54) is 23.8 Å². The second-order valence-electron chi connectivity index (χ2n) is 6.58. The molecule has 116 valence electrons. The quantitative estimate of drug-likeness (QED) is 0.780. The predicted molar refractivity (Wildman–Crippen MR) is 83.1 cm³/mol. The van der Waals surface area contributed by atoms with Crippen molar-refractivity contribution in [3.63, 3.8) is 0 Å². The third-order valence-electron chi connectivity index (χ3n) is 3.52. The van der Waals surface area contributed by atoms with Crippen LogP contribution < -0.4 is 5.32 Å². The molecule has 0 aromatic carbocycles. The summed E-state index contributed by atoms with van der Waals surface area (Å²) < 4.78 is 0. The smallest absolute Gasteiger partial charge is 0.338 e. The van der Waals surface area contributed by atoms with Crippen LogP contribution >= 0.6 is 11.8 Å². The number of ketones is 1. The van der Waals surface area contributed by atoms with Crippen molar-refractivity contribution in [1.82, 2.24) is 10.3 Å². The van der Waals surface area contributed by atoms with Crippen molar-refractivity contribution in [3.8, 4) is 0 Å². The van der Waals surface area contributed by atoms with E-state index in [4.69, 9.17) is 0 Å². The molecule has 1 aliphatic carbocycles. The maximum absolute atomic E-state index is 12.3. The standard InChI is InChI=1S/C14H21N3O3S/c1-13(2)6-8(18)10(9(19)7-13)11-16-17(12(20)15-5)14(3,4)21-11/h18H,6-7H2,1-5H3,(H,15,20). The van der Waals surface area contributed by atoms with Gasteiger partial charge in [-0.1, -0.05) is 25.6 Å². The lowest BCUT2D eigenvalue weighted by Crippen LogP contribution is -2.43. The molecule has 0 atom stereocenters. The number of rotatable bonds is 1. The Hall–Kier alpha value is -1.50. The van der Waals surface area contributed by atoms with E-state index >= 15 is 0 Å². The summed E-state index contributed by atoms with van der Waals surface area (Å²) in [4.78, 5) is 23.6. The van der Waals surface area contributed by atoms with E-state index in [1.807, 2.05) is 27.7 Å². The molecule has 0 bridgehead atoms. The van der Waals surface area contributed by atoms with Crippen LogP contribution in [0, 0.1) is 5.41 Å². The van der Waals surface area contributed by atoms with E-state index in [0.29, 0.717) is 17.9 Å².